The van der Waals surface area contributed by atoms with Crippen LogP contribution in [0.2, 0.25) is 0 Å². The Labute approximate surface area is 116 Å². The second kappa shape index (κ2) is 7.46. The quantitative estimate of drug-likeness (QED) is 0.400. The molecule has 0 N–H and O–H groups in total. The summed E-state index contributed by atoms with van der Waals surface area (Å²) < 4.78 is 5.41. The molecule has 0 amide bonds. The van der Waals surface area contributed by atoms with Gasteiger partial charge in [0, 0.05) is 6.42 Å². The lowest BCUT2D eigenvalue weighted by Gasteiger charge is -2.25. The number of carbonyl (C=O) groups is 2. The molecular formula is C16H26O3. The van der Waals surface area contributed by atoms with E-state index in [1.807, 2.05) is 19.9 Å². The molecule has 3 nitrogen and oxygen atoms in total. The van der Waals surface area contributed by atoms with E-state index < -0.39 is 5.41 Å². The van der Waals surface area contributed by atoms with Crippen molar-refractivity contribution in [3.05, 3.63) is 11.6 Å². The molecule has 0 aromatic heterocycles. The molecule has 0 aromatic rings. The lowest BCUT2D eigenvalue weighted by molar-refractivity contribution is -0.159. The minimum atomic E-state index is -0.831. The first-order valence-electron chi connectivity index (χ1n) is 7.45. The number of hydrogen-bond acceptors (Lipinski definition) is 3. The normalized spacial score (nSPS) is 23.7. The molecule has 1 aliphatic rings. The summed E-state index contributed by atoms with van der Waals surface area (Å²) in [5.41, 5.74) is 0.271. The van der Waals surface area contributed by atoms with Crippen molar-refractivity contribution in [3.63, 3.8) is 0 Å². The van der Waals surface area contributed by atoms with Gasteiger partial charge in [-0.3, -0.25) is 9.59 Å². The molecule has 0 spiro atoms. The van der Waals surface area contributed by atoms with Crippen LogP contribution in [0.3, 0.4) is 0 Å². The van der Waals surface area contributed by atoms with E-state index in [1.165, 1.54) is 0 Å². The summed E-state index contributed by atoms with van der Waals surface area (Å²) in [5.74, 6) is -0.208. The molecule has 1 fully saturated rings. The molecule has 1 atom stereocenters. The third-order valence-electron chi connectivity index (χ3n) is 4.14. The molecular weight excluding hydrogens is 240 g/mol. The Kier molecular flexibility index (Phi) is 6.26. The number of unbranched alkanes of at least 4 members (excludes halogenated alkanes) is 1. The van der Waals surface area contributed by atoms with Gasteiger partial charge < -0.3 is 4.74 Å². The molecule has 1 unspecified atom stereocenters. The zero-order chi connectivity index (χ0) is 14.3. The van der Waals surface area contributed by atoms with Gasteiger partial charge >= 0.3 is 5.97 Å². The monoisotopic (exact) mass is 266 g/mol. The first-order chi connectivity index (χ1) is 9.10. The zero-order valence-corrected chi connectivity index (χ0v) is 12.5. The molecule has 0 radical (unpaired) electrons. The fraction of sp³-hybridized carbons (Fsp3) is 0.750. The largest absolute Gasteiger partial charge is 0.460 e. The van der Waals surface area contributed by atoms with Gasteiger partial charge in [-0.2, -0.15) is 0 Å². The van der Waals surface area contributed by atoms with Crippen LogP contribution in [0, 0.1) is 5.41 Å². The van der Waals surface area contributed by atoms with Gasteiger partial charge in [0.15, 0.2) is 0 Å². The van der Waals surface area contributed by atoms with Crippen LogP contribution in [-0.2, 0) is 14.3 Å². The number of esters is 1. The maximum atomic E-state index is 12.3. The van der Waals surface area contributed by atoms with Crippen molar-refractivity contribution in [1.82, 2.24) is 0 Å². The molecule has 3 heteroatoms. The second-order valence-electron chi connectivity index (χ2n) is 5.34. The molecule has 0 aromatic carbocycles. The van der Waals surface area contributed by atoms with E-state index in [9.17, 15) is 9.59 Å². The Balaban J connectivity index is 2.70. The van der Waals surface area contributed by atoms with E-state index in [-0.39, 0.29) is 11.8 Å². The molecule has 108 valence electrons. The predicted octanol–water partition coefficient (Wildman–Crippen LogP) is 3.82. The summed E-state index contributed by atoms with van der Waals surface area (Å²) in [5, 5.41) is 0. The molecule has 0 heterocycles. The summed E-state index contributed by atoms with van der Waals surface area (Å²) in [4.78, 5) is 24.5. The van der Waals surface area contributed by atoms with Gasteiger partial charge in [0.1, 0.15) is 17.8 Å². The highest BCUT2D eigenvalue weighted by Crippen LogP contribution is 2.40. The van der Waals surface area contributed by atoms with Gasteiger partial charge in [-0.25, -0.2) is 0 Å². The molecule has 0 aliphatic heterocycles. The number of hydrogen-bond donors (Lipinski definition) is 0. The van der Waals surface area contributed by atoms with Gasteiger partial charge in [0.2, 0.25) is 0 Å². The Bertz CT molecular complexity index is 357. The number of carbonyl (C=O) groups excluding carboxylic acids is 2. The maximum Gasteiger partial charge on any atom is 0.319 e. The highest BCUT2D eigenvalue weighted by atomic mass is 16.5. The van der Waals surface area contributed by atoms with Crippen molar-refractivity contribution in [2.75, 3.05) is 6.61 Å². The summed E-state index contributed by atoms with van der Waals surface area (Å²) in [6.45, 7) is 6.39. The Morgan fingerprint density at radius 2 is 2.16 bits per heavy atom. The number of rotatable bonds is 7. The average molecular weight is 266 g/mol. The van der Waals surface area contributed by atoms with E-state index in [0.717, 1.165) is 31.3 Å². The van der Waals surface area contributed by atoms with Crippen LogP contribution in [0.25, 0.3) is 0 Å². The van der Waals surface area contributed by atoms with E-state index in [1.54, 1.807) is 0 Å². The molecule has 1 saturated carbocycles. The predicted molar refractivity (Wildman–Crippen MR) is 75.8 cm³/mol. The third kappa shape index (κ3) is 3.68. The van der Waals surface area contributed by atoms with E-state index in [2.05, 4.69) is 6.92 Å². The lowest BCUT2D eigenvalue weighted by Crippen LogP contribution is -2.37. The topological polar surface area (TPSA) is 43.4 Å². The van der Waals surface area contributed by atoms with Crippen LogP contribution >= 0.6 is 0 Å². The lowest BCUT2D eigenvalue weighted by atomic mass is 9.80. The minimum Gasteiger partial charge on any atom is -0.460 e. The van der Waals surface area contributed by atoms with Crippen LogP contribution in [0.1, 0.15) is 65.7 Å². The highest BCUT2D eigenvalue weighted by molar-refractivity contribution is 6.05. The fourth-order valence-corrected chi connectivity index (χ4v) is 2.68. The molecule has 0 bridgehead atoms. The third-order valence-corrected chi connectivity index (χ3v) is 4.14. The van der Waals surface area contributed by atoms with E-state index in [0.29, 0.717) is 25.9 Å². The van der Waals surface area contributed by atoms with Gasteiger partial charge in [-0.05, 0) is 38.2 Å². The van der Waals surface area contributed by atoms with Gasteiger partial charge in [-0.1, -0.05) is 32.8 Å². The Morgan fingerprint density at radius 3 is 2.63 bits per heavy atom. The van der Waals surface area contributed by atoms with Crippen LogP contribution in [0.4, 0.5) is 0 Å². The van der Waals surface area contributed by atoms with Gasteiger partial charge in [0.05, 0.1) is 0 Å². The maximum absolute atomic E-state index is 12.3. The Morgan fingerprint density at radius 1 is 1.42 bits per heavy atom. The molecule has 19 heavy (non-hydrogen) atoms. The van der Waals surface area contributed by atoms with Crippen molar-refractivity contribution in [2.45, 2.75) is 65.7 Å². The number of ether oxygens (including phenoxy) is 1. The van der Waals surface area contributed by atoms with Crippen molar-refractivity contribution in [1.29, 1.82) is 0 Å². The fourth-order valence-electron chi connectivity index (χ4n) is 2.68. The molecule has 0 saturated heterocycles. The summed E-state index contributed by atoms with van der Waals surface area (Å²) in [6, 6.07) is 0. The van der Waals surface area contributed by atoms with E-state index in [4.69, 9.17) is 4.74 Å². The van der Waals surface area contributed by atoms with E-state index >= 15 is 0 Å². The first-order valence-corrected chi connectivity index (χ1v) is 7.45. The van der Waals surface area contributed by atoms with Gasteiger partial charge in [0.25, 0.3) is 0 Å². The summed E-state index contributed by atoms with van der Waals surface area (Å²) >= 11 is 0. The van der Waals surface area contributed by atoms with Crippen molar-refractivity contribution < 1.29 is 14.3 Å². The van der Waals surface area contributed by atoms with Crippen LogP contribution in [0.15, 0.2) is 11.6 Å². The zero-order valence-electron chi connectivity index (χ0n) is 12.5. The van der Waals surface area contributed by atoms with Crippen LogP contribution in [-0.4, -0.2) is 18.4 Å². The SMILES string of the molecule is CC=C(CC)COC(=O)C1(CCCC)CCCC1=O. The van der Waals surface area contributed by atoms with Crippen LogP contribution < -0.4 is 0 Å². The summed E-state index contributed by atoms with van der Waals surface area (Å²) in [6.07, 6.45) is 7.43. The number of allylic oxidation sites excluding steroid dienone is 1. The summed E-state index contributed by atoms with van der Waals surface area (Å²) in [7, 11) is 0. The minimum absolute atomic E-state index is 0.0875. The second-order valence-corrected chi connectivity index (χ2v) is 5.34. The average Bonchev–Trinajstić information content (AvgIpc) is 2.79. The smallest absolute Gasteiger partial charge is 0.319 e. The molecule has 1 aliphatic carbocycles. The van der Waals surface area contributed by atoms with Crippen molar-refractivity contribution >= 4 is 11.8 Å². The van der Waals surface area contributed by atoms with Crippen molar-refractivity contribution in [3.8, 4) is 0 Å². The number of ketones is 1. The molecule has 1 rings (SSSR count). The van der Waals surface area contributed by atoms with Crippen LogP contribution in [0.5, 0.6) is 0 Å². The van der Waals surface area contributed by atoms with Gasteiger partial charge in [-0.15, -0.1) is 0 Å². The Hall–Kier alpha value is -1.12. The van der Waals surface area contributed by atoms with Crippen molar-refractivity contribution in [2.24, 2.45) is 5.41 Å². The highest BCUT2D eigenvalue weighted by Gasteiger charge is 2.49. The standard InChI is InChI=1S/C16H26O3/c1-4-7-10-16(11-8-9-14(16)17)15(18)19-12-13(5-2)6-3/h5H,4,6-12H2,1-3H3. The number of Topliss-reactive ketones (excluding diaryl/α,β-unsaturated/α-hetero) is 1. The first kappa shape index (κ1) is 15.9.